The van der Waals surface area contributed by atoms with Crippen LogP contribution in [0.3, 0.4) is 0 Å². The molecule has 3 heterocycles. The summed E-state index contributed by atoms with van der Waals surface area (Å²) in [5, 5.41) is 8.04. The van der Waals surface area contributed by atoms with Gasteiger partial charge in [0, 0.05) is 29.6 Å². The third kappa shape index (κ3) is 2.83. The third-order valence-electron chi connectivity index (χ3n) is 4.64. The van der Waals surface area contributed by atoms with Gasteiger partial charge in [-0.3, -0.25) is 9.89 Å². The molecule has 0 saturated heterocycles. The van der Waals surface area contributed by atoms with Crippen LogP contribution in [0, 0.1) is 5.95 Å². The van der Waals surface area contributed by atoms with Gasteiger partial charge >= 0.3 is 0 Å². The highest BCUT2D eigenvalue weighted by molar-refractivity contribution is 6.03. The first-order valence-corrected chi connectivity index (χ1v) is 8.74. The number of halogens is 1. The van der Waals surface area contributed by atoms with Crippen molar-refractivity contribution in [3.05, 3.63) is 78.1 Å². The summed E-state index contributed by atoms with van der Waals surface area (Å²) >= 11 is 0. The Kier molecular flexibility index (Phi) is 3.72. The summed E-state index contributed by atoms with van der Waals surface area (Å²) in [7, 11) is 0. The van der Waals surface area contributed by atoms with E-state index in [-0.39, 0.29) is 12.2 Å². The van der Waals surface area contributed by atoms with E-state index in [1.807, 2.05) is 42.5 Å². The van der Waals surface area contributed by atoms with Crippen molar-refractivity contribution in [2.45, 2.75) is 6.42 Å². The van der Waals surface area contributed by atoms with Crippen LogP contribution in [-0.4, -0.2) is 30.9 Å². The van der Waals surface area contributed by atoms with Gasteiger partial charge in [-0.15, -0.1) is 0 Å². The molecule has 0 atom stereocenters. The second kappa shape index (κ2) is 6.38. The fourth-order valence-corrected chi connectivity index (χ4v) is 3.29. The molecule has 0 unspecified atom stereocenters. The lowest BCUT2D eigenvalue weighted by atomic mass is 10.1. The van der Waals surface area contributed by atoms with Crippen LogP contribution in [-0.2, 0) is 6.42 Å². The minimum atomic E-state index is -0.566. The molecule has 0 radical (unpaired) electrons. The topological polar surface area (TPSA) is 87.3 Å². The van der Waals surface area contributed by atoms with Crippen molar-refractivity contribution < 1.29 is 9.18 Å². The lowest BCUT2D eigenvalue weighted by Crippen LogP contribution is -2.05. The Labute approximate surface area is 158 Å². The molecule has 0 aliphatic heterocycles. The van der Waals surface area contributed by atoms with Crippen molar-refractivity contribution in [1.29, 1.82) is 0 Å². The molecule has 0 aliphatic rings. The summed E-state index contributed by atoms with van der Waals surface area (Å²) < 4.78 is 13.5. The highest BCUT2D eigenvalue weighted by Gasteiger charge is 2.15. The average Bonchev–Trinajstić information content (AvgIpc) is 3.30. The molecule has 0 fully saturated rings. The number of H-pyrrole nitrogens is 2. The first-order chi connectivity index (χ1) is 13.7. The van der Waals surface area contributed by atoms with Gasteiger partial charge in [0.25, 0.3) is 0 Å². The van der Waals surface area contributed by atoms with Crippen molar-refractivity contribution in [2.24, 2.45) is 0 Å². The molecule has 0 amide bonds. The van der Waals surface area contributed by atoms with Gasteiger partial charge in [0.1, 0.15) is 5.69 Å². The largest absolute Gasteiger partial charge is 0.335 e. The number of pyridine rings is 1. The summed E-state index contributed by atoms with van der Waals surface area (Å²) in [6.45, 7) is 0. The Morgan fingerprint density at radius 3 is 2.71 bits per heavy atom. The van der Waals surface area contributed by atoms with Crippen molar-refractivity contribution in [3.8, 4) is 11.3 Å². The second-order valence-corrected chi connectivity index (χ2v) is 6.53. The maximum absolute atomic E-state index is 13.5. The lowest BCUT2D eigenvalue weighted by molar-refractivity contribution is 0.0984. The number of nitrogens with zero attached hydrogens (tertiary/aromatic N) is 3. The summed E-state index contributed by atoms with van der Waals surface area (Å²) in [5.41, 5.74) is 4.32. The maximum Gasteiger partial charge on any atom is 0.213 e. The number of aromatic amines is 2. The van der Waals surface area contributed by atoms with Crippen molar-refractivity contribution >= 4 is 27.7 Å². The number of carbonyl (C=O) groups excluding carboxylic acids is 1. The molecule has 6 nitrogen and oxygen atoms in total. The predicted molar refractivity (Wildman–Crippen MR) is 103 cm³/mol. The maximum atomic E-state index is 13.5. The molecule has 0 aliphatic carbocycles. The molecule has 28 heavy (non-hydrogen) atoms. The van der Waals surface area contributed by atoms with Crippen molar-refractivity contribution in [3.63, 3.8) is 0 Å². The van der Waals surface area contributed by atoms with Crippen LogP contribution in [0.2, 0.25) is 0 Å². The number of nitrogens with one attached hydrogen (secondary N) is 2. The number of fused-ring (bicyclic) bond motifs is 2. The van der Waals surface area contributed by atoms with Gasteiger partial charge in [0.15, 0.2) is 5.82 Å². The van der Waals surface area contributed by atoms with Crippen LogP contribution < -0.4 is 0 Å². The van der Waals surface area contributed by atoms with Crippen LogP contribution in [0.25, 0.3) is 33.2 Å². The van der Waals surface area contributed by atoms with E-state index in [1.54, 1.807) is 6.07 Å². The van der Waals surface area contributed by atoms with Gasteiger partial charge in [-0.1, -0.05) is 30.3 Å². The smallest absolute Gasteiger partial charge is 0.213 e. The summed E-state index contributed by atoms with van der Waals surface area (Å²) in [5.74, 6) is -0.333. The minimum Gasteiger partial charge on any atom is -0.335 e. The first kappa shape index (κ1) is 16.3. The Hall–Kier alpha value is -3.87. The molecular formula is C21H14FN5O. The number of rotatable bonds is 4. The molecule has 0 bridgehead atoms. The third-order valence-corrected chi connectivity index (χ3v) is 4.64. The number of carbonyl (C=O) groups is 1. The van der Waals surface area contributed by atoms with E-state index in [4.69, 9.17) is 0 Å². The monoisotopic (exact) mass is 371 g/mol. The Morgan fingerprint density at radius 2 is 1.89 bits per heavy atom. The molecule has 7 heteroatoms. The fourth-order valence-electron chi connectivity index (χ4n) is 3.29. The number of ketones is 1. The van der Waals surface area contributed by atoms with Gasteiger partial charge in [-0.25, -0.2) is 9.97 Å². The van der Waals surface area contributed by atoms with E-state index in [9.17, 15) is 9.18 Å². The van der Waals surface area contributed by atoms with E-state index in [1.165, 1.54) is 12.3 Å². The zero-order chi connectivity index (χ0) is 19.1. The Morgan fingerprint density at radius 1 is 1.04 bits per heavy atom. The molecule has 136 valence electrons. The average molecular weight is 371 g/mol. The van der Waals surface area contributed by atoms with Crippen LogP contribution in [0.4, 0.5) is 4.39 Å². The standard InChI is InChI=1S/C21H14FN5O/c22-19-9-13(6-7-23-19)20-14-10-16-17(11-15(14)26-27-20)25-21(24-16)18(28)8-12-4-2-1-3-5-12/h1-7,9-11H,8H2,(H,24,25)(H,26,27). The van der Waals surface area contributed by atoms with E-state index in [0.717, 1.165) is 22.0 Å². The highest BCUT2D eigenvalue weighted by atomic mass is 19.1. The highest BCUT2D eigenvalue weighted by Crippen LogP contribution is 2.29. The lowest BCUT2D eigenvalue weighted by Gasteiger charge is -1.97. The molecule has 5 rings (SSSR count). The summed E-state index contributed by atoms with van der Waals surface area (Å²) in [6, 6.07) is 16.3. The number of aromatic nitrogens is 5. The molecule has 0 spiro atoms. The van der Waals surface area contributed by atoms with Gasteiger partial charge in [0.2, 0.25) is 11.7 Å². The fraction of sp³-hybridized carbons (Fsp3) is 0.0476. The predicted octanol–water partition coefficient (Wildman–Crippen LogP) is 4.07. The van der Waals surface area contributed by atoms with Crippen molar-refractivity contribution in [1.82, 2.24) is 25.1 Å². The molecule has 0 saturated carbocycles. The van der Waals surface area contributed by atoms with Crippen molar-refractivity contribution in [2.75, 3.05) is 0 Å². The molecule has 2 N–H and O–H groups in total. The van der Waals surface area contributed by atoms with Crippen LogP contribution in [0.15, 0.2) is 60.8 Å². The van der Waals surface area contributed by atoms with Gasteiger partial charge in [-0.2, -0.15) is 9.49 Å². The number of hydrogen-bond acceptors (Lipinski definition) is 4. The minimum absolute atomic E-state index is 0.0828. The molecule has 3 aromatic heterocycles. The molecule has 5 aromatic rings. The summed E-state index contributed by atoms with van der Waals surface area (Å²) in [4.78, 5) is 23.7. The van der Waals surface area contributed by atoms with Crippen LogP contribution in [0.1, 0.15) is 16.2 Å². The van der Waals surface area contributed by atoms with E-state index < -0.39 is 5.95 Å². The first-order valence-electron chi connectivity index (χ1n) is 8.74. The number of Topliss-reactive ketones (excluding diaryl/α,β-unsaturated/α-hetero) is 1. The SMILES string of the molecule is O=C(Cc1ccccc1)c1nc2cc3c(-c4ccnc(F)c4)n[nH]c3cc2[nH]1. The zero-order valence-corrected chi connectivity index (χ0v) is 14.6. The molecule has 2 aromatic carbocycles. The van der Waals surface area contributed by atoms with Crippen LogP contribution in [0.5, 0.6) is 0 Å². The zero-order valence-electron chi connectivity index (χ0n) is 14.6. The Bertz CT molecular complexity index is 1320. The van der Waals surface area contributed by atoms with Gasteiger partial charge < -0.3 is 4.98 Å². The van der Waals surface area contributed by atoms with Gasteiger partial charge in [0.05, 0.1) is 16.6 Å². The number of benzene rings is 2. The van der Waals surface area contributed by atoms with E-state index in [0.29, 0.717) is 22.6 Å². The number of imidazole rings is 1. The van der Waals surface area contributed by atoms with E-state index >= 15 is 0 Å². The Balaban J connectivity index is 1.55. The summed E-state index contributed by atoms with van der Waals surface area (Å²) in [6.07, 6.45) is 1.68. The van der Waals surface area contributed by atoms with E-state index in [2.05, 4.69) is 25.1 Å². The van der Waals surface area contributed by atoms with Gasteiger partial charge in [-0.05, 0) is 23.8 Å². The van der Waals surface area contributed by atoms with Crippen LogP contribution >= 0.6 is 0 Å². The second-order valence-electron chi connectivity index (χ2n) is 6.53. The molecular weight excluding hydrogens is 357 g/mol. The number of hydrogen-bond donors (Lipinski definition) is 2. The quantitative estimate of drug-likeness (QED) is 0.368. The normalized spacial score (nSPS) is 11.3.